The number of thiophene rings is 1. The van der Waals surface area contributed by atoms with Gasteiger partial charge >= 0.3 is 0 Å². The largest absolute Gasteiger partial charge is 0.147 e. The van der Waals surface area contributed by atoms with Gasteiger partial charge < -0.3 is 0 Å². The molecule has 0 atom stereocenters. The molecule has 0 spiro atoms. The maximum atomic E-state index is 6.62. The first kappa shape index (κ1) is 9.54. The smallest absolute Gasteiger partial charge is 0.0787 e. The van der Waals surface area contributed by atoms with Gasteiger partial charge in [-0.2, -0.15) is 0 Å². The van der Waals surface area contributed by atoms with E-state index in [1.54, 1.807) is 0 Å². The van der Waals surface area contributed by atoms with Gasteiger partial charge in [0.1, 0.15) is 0 Å². The highest BCUT2D eigenvalue weighted by Gasteiger charge is 2.32. The summed E-state index contributed by atoms with van der Waals surface area (Å²) in [4.78, 5) is 1.36. The highest BCUT2D eigenvalue weighted by molar-refractivity contribution is 7.10. The average Bonchev–Trinajstić information content (AvgIpc) is 2.54. The van der Waals surface area contributed by atoms with Crippen molar-refractivity contribution in [3.8, 4) is 0 Å². The van der Waals surface area contributed by atoms with Gasteiger partial charge in [0.25, 0.3) is 0 Å². The highest BCUT2D eigenvalue weighted by Crippen LogP contribution is 2.45. The zero-order valence-electron chi connectivity index (χ0n) is 7.98. The molecule has 0 radical (unpaired) electrons. The maximum Gasteiger partial charge on any atom is 0.0787 e. The summed E-state index contributed by atoms with van der Waals surface area (Å²) >= 11 is 8.45. The Balaban J connectivity index is 2.22. The van der Waals surface area contributed by atoms with Crippen molar-refractivity contribution in [2.24, 2.45) is 0 Å². The van der Waals surface area contributed by atoms with Crippen LogP contribution in [0.3, 0.4) is 0 Å². The van der Waals surface area contributed by atoms with Gasteiger partial charge in [0.2, 0.25) is 0 Å². The van der Waals surface area contributed by atoms with Crippen LogP contribution in [-0.4, -0.2) is 0 Å². The van der Waals surface area contributed by atoms with E-state index in [1.165, 1.54) is 29.7 Å². The van der Waals surface area contributed by atoms with E-state index in [-0.39, 0.29) is 4.87 Å². The summed E-state index contributed by atoms with van der Waals surface area (Å²) in [6.45, 7) is 2.14. The fraction of sp³-hybridized carbons (Fsp3) is 0.636. The average molecular weight is 215 g/mol. The van der Waals surface area contributed by atoms with E-state index in [1.807, 2.05) is 11.3 Å². The molecule has 72 valence electrons. The summed E-state index contributed by atoms with van der Waals surface area (Å²) in [5, 5.41) is 2.20. The van der Waals surface area contributed by atoms with E-state index in [0.717, 1.165) is 12.8 Å². The molecule has 0 unspecified atom stereocenters. The third kappa shape index (κ3) is 1.92. The Bertz CT molecular complexity index is 284. The summed E-state index contributed by atoms with van der Waals surface area (Å²) < 4.78 is 0. The van der Waals surface area contributed by atoms with Crippen molar-refractivity contribution < 1.29 is 0 Å². The Morgan fingerprint density at radius 3 is 2.54 bits per heavy atom. The molecule has 1 aliphatic carbocycles. The predicted octanol–water partition coefficient (Wildman–Crippen LogP) is 4.45. The first-order chi connectivity index (χ1) is 6.21. The highest BCUT2D eigenvalue weighted by atomic mass is 35.5. The van der Waals surface area contributed by atoms with Crippen molar-refractivity contribution >= 4 is 22.9 Å². The lowest BCUT2D eigenvalue weighted by molar-refractivity contribution is 0.404. The van der Waals surface area contributed by atoms with Crippen LogP contribution in [0.4, 0.5) is 0 Å². The molecule has 1 fully saturated rings. The zero-order chi connectivity index (χ0) is 9.31. The normalized spacial score (nSPS) is 21.7. The minimum atomic E-state index is -0.0167. The predicted molar refractivity (Wildman–Crippen MR) is 59.7 cm³/mol. The van der Waals surface area contributed by atoms with E-state index in [2.05, 4.69) is 18.4 Å². The van der Waals surface area contributed by atoms with Crippen molar-refractivity contribution in [2.75, 3.05) is 0 Å². The van der Waals surface area contributed by atoms with Gasteiger partial charge in [-0.3, -0.25) is 0 Å². The topological polar surface area (TPSA) is 0 Å². The second-order valence-electron chi connectivity index (χ2n) is 4.01. The van der Waals surface area contributed by atoms with Crippen LogP contribution < -0.4 is 0 Å². The molecule has 0 nitrogen and oxygen atoms in total. The quantitative estimate of drug-likeness (QED) is 0.606. The summed E-state index contributed by atoms with van der Waals surface area (Å²) in [6, 6.07) is 2.25. The van der Waals surface area contributed by atoms with Gasteiger partial charge in [-0.1, -0.05) is 19.3 Å². The van der Waals surface area contributed by atoms with E-state index in [0.29, 0.717) is 0 Å². The van der Waals surface area contributed by atoms with E-state index in [9.17, 15) is 0 Å². The molecule has 0 saturated heterocycles. The fourth-order valence-electron chi connectivity index (χ4n) is 2.02. The van der Waals surface area contributed by atoms with Crippen LogP contribution in [0.2, 0.25) is 0 Å². The Morgan fingerprint density at radius 2 is 2.00 bits per heavy atom. The Kier molecular flexibility index (Phi) is 2.66. The van der Waals surface area contributed by atoms with Crippen molar-refractivity contribution in [1.82, 2.24) is 0 Å². The molecule has 1 aromatic heterocycles. The molecule has 0 amide bonds. The zero-order valence-corrected chi connectivity index (χ0v) is 9.55. The first-order valence-electron chi connectivity index (χ1n) is 4.95. The monoisotopic (exact) mass is 214 g/mol. The minimum Gasteiger partial charge on any atom is -0.147 e. The summed E-state index contributed by atoms with van der Waals surface area (Å²) in [7, 11) is 0. The minimum absolute atomic E-state index is 0.0167. The van der Waals surface area contributed by atoms with Crippen LogP contribution in [0.1, 0.15) is 42.5 Å². The molecule has 0 bridgehead atoms. The third-order valence-corrected chi connectivity index (χ3v) is 4.76. The summed E-state index contributed by atoms with van der Waals surface area (Å²) in [5.41, 5.74) is 1.35. The lowest BCUT2D eigenvalue weighted by atomic mass is 9.87. The molecule has 0 aromatic carbocycles. The fourth-order valence-corrected chi connectivity index (χ4v) is 3.53. The van der Waals surface area contributed by atoms with Crippen LogP contribution >= 0.6 is 22.9 Å². The van der Waals surface area contributed by atoms with Crippen molar-refractivity contribution in [3.05, 3.63) is 21.9 Å². The van der Waals surface area contributed by atoms with Crippen LogP contribution in [0.25, 0.3) is 0 Å². The number of halogens is 1. The molecular weight excluding hydrogens is 200 g/mol. The molecule has 2 rings (SSSR count). The van der Waals surface area contributed by atoms with E-state index in [4.69, 9.17) is 11.6 Å². The first-order valence-corrected chi connectivity index (χ1v) is 6.21. The van der Waals surface area contributed by atoms with Crippen molar-refractivity contribution in [1.29, 1.82) is 0 Å². The molecule has 1 heterocycles. The van der Waals surface area contributed by atoms with Crippen molar-refractivity contribution in [2.45, 2.75) is 43.9 Å². The SMILES string of the molecule is Cc1csc(C2(Cl)CCCCC2)c1. The number of hydrogen-bond acceptors (Lipinski definition) is 1. The molecule has 1 aromatic rings. The van der Waals surface area contributed by atoms with Gasteiger partial charge in [0.15, 0.2) is 0 Å². The van der Waals surface area contributed by atoms with Crippen LogP contribution in [0.15, 0.2) is 11.4 Å². The second kappa shape index (κ2) is 3.62. The van der Waals surface area contributed by atoms with Gasteiger partial charge in [0.05, 0.1) is 4.87 Å². The Hall–Kier alpha value is -0.0100. The molecule has 0 aliphatic heterocycles. The van der Waals surface area contributed by atoms with Crippen LogP contribution in [0, 0.1) is 6.92 Å². The number of alkyl halides is 1. The standard InChI is InChI=1S/C11H15ClS/c1-9-7-10(13-8-9)11(12)5-3-2-4-6-11/h7-8H,2-6H2,1H3. The van der Waals surface area contributed by atoms with Crippen LogP contribution in [-0.2, 0) is 4.87 Å². The maximum absolute atomic E-state index is 6.62. The second-order valence-corrected chi connectivity index (χ2v) is 5.65. The molecule has 1 aliphatic rings. The molecule has 0 N–H and O–H groups in total. The van der Waals surface area contributed by atoms with Crippen molar-refractivity contribution in [3.63, 3.8) is 0 Å². The molecule has 2 heteroatoms. The molecule has 13 heavy (non-hydrogen) atoms. The van der Waals surface area contributed by atoms with Gasteiger partial charge in [0, 0.05) is 4.88 Å². The lowest BCUT2D eigenvalue weighted by Crippen LogP contribution is -2.20. The van der Waals surface area contributed by atoms with Gasteiger partial charge in [-0.25, -0.2) is 0 Å². The number of aryl methyl sites for hydroxylation is 1. The third-order valence-electron chi connectivity index (χ3n) is 2.82. The van der Waals surface area contributed by atoms with Gasteiger partial charge in [-0.05, 0) is 36.8 Å². The molecule has 1 saturated carbocycles. The van der Waals surface area contributed by atoms with E-state index >= 15 is 0 Å². The Labute approximate surface area is 88.9 Å². The van der Waals surface area contributed by atoms with E-state index < -0.39 is 0 Å². The van der Waals surface area contributed by atoms with Gasteiger partial charge in [-0.15, -0.1) is 22.9 Å². The Morgan fingerprint density at radius 1 is 1.31 bits per heavy atom. The number of hydrogen-bond donors (Lipinski definition) is 0. The summed E-state index contributed by atoms with van der Waals surface area (Å²) in [6.07, 6.45) is 6.27. The number of rotatable bonds is 1. The summed E-state index contributed by atoms with van der Waals surface area (Å²) in [5.74, 6) is 0. The van der Waals surface area contributed by atoms with Crippen LogP contribution in [0.5, 0.6) is 0 Å². The lowest BCUT2D eigenvalue weighted by Gasteiger charge is -2.29. The molecular formula is C11H15ClS.